The number of piperidine rings is 1. The van der Waals surface area contributed by atoms with Crippen LogP contribution in [0.5, 0.6) is 0 Å². The van der Waals surface area contributed by atoms with Crippen LogP contribution < -0.4 is 11.1 Å². The lowest BCUT2D eigenvalue weighted by atomic mass is 9.97. The van der Waals surface area contributed by atoms with Crippen LogP contribution in [0.25, 0.3) is 0 Å². The summed E-state index contributed by atoms with van der Waals surface area (Å²) in [6, 6.07) is 1.50. The Kier molecular flexibility index (Phi) is 5.12. The molecule has 1 saturated heterocycles. The number of nitrogens with zero attached hydrogens (tertiary/aromatic N) is 2. The smallest absolute Gasteiger partial charge is 0.410 e. The predicted octanol–water partition coefficient (Wildman–Crippen LogP) is 1.37. The first-order chi connectivity index (χ1) is 10.7. The highest BCUT2D eigenvalue weighted by Crippen LogP contribution is 2.19. The summed E-state index contributed by atoms with van der Waals surface area (Å²) in [6.07, 6.45) is 1.40. The van der Waals surface area contributed by atoms with Gasteiger partial charge in [-0.1, -0.05) is 0 Å². The molecule has 8 heteroatoms. The Morgan fingerprint density at radius 1 is 1.43 bits per heavy atom. The number of nitrogen functional groups attached to an aromatic ring is 1. The summed E-state index contributed by atoms with van der Waals surface area (Å²) in [5.41, 5.74) is 5.30. The molecule has 0 atom stereocenters. The van der Waals surface area contributed by atoms with Crippen molar-refractivity contribution in [1.29, 1.82) is 0 Å². The largest absolute Gasteiger partial charge is 0.444 e. The van der Waals surface area contributed by atoms with Gasteiger partial charge in [0.15, 0.2) is 5.69 Å². The molecule has 1 fully saturated rings. The molecular formula is C15H25N5O3. The average molecular weight is 323 g/mol. The van der Waals surface area contributed by atoms with E-state index in [2.05, 4.69) is 15.5 Å². The molecule has 0 aliphatic carbocycles. The van der Waals surface area contributed by atoms with Crippen molar-refractivity contribution in [3.8, 4) is 0 Å². The molecule has 128 valence electrons. The van der Waals surface area contributed by atoms with Crippen molar-refractivity contribution >= 4 is 17.8 Å². The minimum atomic E-state index is -0.479. The molecule has 2 rings (SSSR count). The third-order valence-electron chi connectivity index (χ3n) is 3.65. The first kappa shape index (κ1) is 17.1. The topological polar surface area (TPSA) is 113 Å². The van der Waals surface area contributed by atoms with Crippen molar-refractivity contribution in [2.45, 2.75) is 39.2 Å². The average Bonchev–Trinajstić information content (AvgIpc) is 2.90. The van der Waals surface area contributed by atoms with Crippen LogP contribution in [0, 0.1) is 5.92 Å². The molecule has 0 spiro atoms. The van der Waals surface area contributed by atoms with Crippen molar-refractivity contribution < 1.29 is 14.3 Å². The number of hydrogen-bond donors (Lipinski definition) is 3. The predicted molar refractivity (Wildman–Crippen MR) is 85.9 cm³/mol. The number of H-pyrrole nitrogens is 1. The van der Waals surface area contributed by atoms with Gasteiger partial charge in [0.2, 0.25) is 0 Å². The molecule has 2 amide bonds. The number of likely N-dealkylation sites (tertiary alicyclic amines) is 1. The van der Waals surface area contributed by atoms with Crippen LogP contribution >= 0.6 is 0 Å². The van der Waals surface area contributed by atoms with Gasteiger partial charge < -0.3 is 20.7 Å². The third-order valence-corrected chi connectivity index (χ3v) is 3.65. The van der Waals surface area contributed by atoms with E-state index in [0.717, 1.165) is 12.8 Å². The summed E-state index contributed by atoms with van der Waals surface area (Å²) in [5, 5.41) is 9.20. The fourth-order valence-electron chi connectivity index (χ4n) is 2.43. The highest BCUT2D eigenvalue weighted by atomic mass is 16.6. The standard InChI is InChI=1S/C15H25N5O3/c1-15(2,3)23-14(22)20-6-4-10(5-7-20)9-17-13(21)11-8-12(16)19-18-11/h8,10H,4-7,9H2,1-3H3,(H,17,21)(H3,16,18,19). The first-order valence-corrected chi connectivity index (χ1v) is 7.81. The van der Waals surface area contributed by atoms with Crippen LogP contribution in [-0.4, -0.2) is 52.3 Å². The quantitative estimate of drug-likeness (QED) is 0.777. The molecule has 4 N–H and O–H groups in total. The van der Waals surface area contributed by atoms with Gasteiger partial charge in [-0.3, -0.25) is 9.89 Å². The third kappa shape index (κ3) is 5.15. The molecule has 0 aromatic carbocycles. The van der Waals surface area contributed by atoms with Gasteiger partial charge >= 0.3 is 6.09 Å². The van der Waals surface area contributed by atoms with Crippen molar-refractivity contribution in [2.75, 3.05) is 25.4 Å². The normalized spacial score (nSPS) is 16.2. The molecule has 2 heterocycles. The van der Waals surface area contributed by atoms with Crippen LogP contribution in [0.15, 0.2) is 6.07 Å². The molecule has 0 saturated carbocycles. The molecule has 0 radical (unpaired) electrons. The minimum absolute atomic E-state index is 0.243. The molecule has 0 unspecified atom stereocenters. The van der Waals surface area contributed by atoms with E-state index in [1.54, 1.807) is 4.90 Å². The SMILES string of the molecule is CC(C)(C)OC(=O)N1CCC(CNC(=O)c2cc(N)[nH]n2)CC1. The summed E-state index contributed by atoms with van der Waals surface area (Å²) in [7, 11) is 0. The first-order valence-electron chi connectivity index (χ1n) is 7.81. The Balaban J connectivity index is 1.72. The molecule has 1 aliphatic heterocycles. The maximum atomic E-state index is 12.0. The van der Waals surface area contributed by atoms with Crippen LogP contribution in [0.3, 0.4) is 0 Å². The van der Waals surface area contributed by atoms with Gasteiger partial charge in [-0.25, -0.2) is 4.79 Å². The van der Waals surface area contributed by atoms with E-state index in [-0.39, 0.29) is 17.7 Å². The second kappa shape index (κ2) is 6.89. The second-order valence-corrected chi connectivity index (χ2v) is 6.83. The minimum Gasteiger partial charge on any atom is -0.444 e. The zero-order valence-electron chi connectivity index (χ0n) is 13.9. The summed E-state index contributed by atoms with van der Waals surface area (Å²) in [5.74, 6) is 0.460. The maximum Gasteiger partial charge on any atom is 0.410 e. The Labute approximate surface area is 135 Å². The lowest BCUT2D eigenvalue weighted by Gasteiger charge is -2.33. The molecule has 0 bridgehead atoms. The van der Waals surface area contributed by atoms with E-state index in [1.165, 1.54) is 6.07 Å². The van der Waals surface area contributed by atoms with Gasteiger partial charge in [0.1, 0.15) is 11.4 Å². The van der Waals surface area contributed by atoms with Crippen molar-refractivity contribution in [3.63, 3.8) is 0 Å². The van der Waals surface area contributed by atoms with Crippen molar-refractivity contribution in [1.82, 2.24) is 20.4 Å². The molecule has 1 aromatic heterocycles. The summed E-state index contributed by atoms with van der Waals surface area (Å²) >= 11 is 0. The number of nitrogens with two attached hydrogens (primary N) is 1. The van der Waals surface area contributed by atoms with Gasteiger partial charge in [0, 0.05) is 25.7 Å². The number of nitrogens with one attached hydrogen (secondary N) is 2. The van der Waals surface area contributed by atoms with Crippen LogP contribution in [0.1, 0.15) is 44.1 Å². The molecule has 1 aromatic rings. The molecule has 8 nitrogen and oxygen atoms in total. The number of carbonyl (C=O) groups excluding carboxylic acids is 2. The molecule has 1 aliphatic rings. The van der Waals surface area contributed by atoms with Gasteiger partial charge in [-0.15, -0.1) is 0 Å². The van der Waals surface area contributed by atoms with Gasteiger partial charge in [-0.05, 0) is 39.5 Å². The van der Waals surface area contributed by atoms with Crippen LogP contribution in [0.4, 0.5) is 10.6 Å². The lowest BCUT2D eigenvalue weighted by Crippen LogP contribution is -2.43. The maximum absolute atomic E-state index is 12.0. The number of amides is 2. The monoisotopic (exact) mass is 323 g/mol. The lowest BCUT2D eigenvalue weighted by molar-refractivity contribution is 0.0183. The van der Waals surface area contributed by atoms with Crippen molar-refractivity contribution in [2.24, 2.45) is 5.92 Å². The van der Waals surface area contributed by atoms with E-state index in [4.69, 9.17) is 10.5 Å². The van der Waals surface area contributed by atoms with E-state index in [9.17, 15) is 9.59 Å². The van der Waals surface area contributed by atoms with Crippen molar-refractivity contribution in [3.05, 3.63) is 11.8 Å². The van der Waals surface area contributed by atoms with E-state index in [1.807, 2.05) is 20.8 Å². The number of hydrogen-bond acceptors (Lipinski definition) is 5. The molecular weight excluding hydrogens is 298 g/mol. The number of anilines is 1. The highest BCUT2D eigenvalue weighted by molar-refractivity contribution is 5.92. The molecule has 23 heavy (non-hydrogen) atoms. The van der Waals surface area contributed by atoms with Crippen LogP contribution in [-0.2, 0) is 4.74 Å². The summed E-state index contributed by atoms with van der Waals surface area (Å²) < 4.78 is 5.36. The van der Waals surface area contributed by atoms with E-state index in [0.29, 0.717) is 31.4 Å². The Morgan fingerprint density at radius 2 is 2.09 bits per heavy atom. The van der Waals surface area contributed by atoms with Crippen LogP contribution in [0.2, 0.25) is 0 Å². The Bertz CT molecular complexity index is 556. The van der Waals surface area contributed by atoms with Gasteiger partial charge in [-0.2, -0.15) is 5.10 Å². The Hall–Kier alpha value is -2.25. The van der Waals surface area contributed by atoms with E-state index >= 15 is 0 Å². The number of aromatic nitrogens is 2. The fourth-order valence-corrected chi connectivity index (χ4v) is 2.43. The fraction of sp³-hybridized carbons (Fsp3) is 0.667. The zero-order valence-corrected chi connectivity index (χ0v) is 13.9. The number of rotatable bonds is 3. The highest BCUT2D eigenvalue weighted by Gasteiger charge is 2.27. The Morgan fingerprint density at radius 3 is 2.61 bits per heavy atom. The van der Waals surface area contributed by atoms with Gasteiger partial charge in [0.25, 0.3) is 5.91 Å². The number of carbonyl (C=O) groups is 2. The van der Waals surface area contributed by atoms with E-state index < -0.39 is 5.60 Å². The second-order valence-electron chi connectivity index (χ2n) is 6.83. The van der Waals surface area contributed by atoms with Gasteiger partial charge in [0.05, 0.1) is 0 Å². The number of aromatic amines is 1. The number of ether oxygens (including phenoxy) is 1. The summed E-state index contributed by atoms with van der Waals surface area (Å²) in [6.45, 7) is 7.42. The zero-order chi connectivity index (χ0) is 17.0. The summed E-state index contributed by atoms with van der Waals surface area (Å²) in [4.78, 5) is 25.6.